The SMILES string of the molecule is Cc1c(C2C=CC3=C(C=CCC3)C2C)c2c3ccccc3[nH]c2c2ccccc12. The van der Waals surface area contributed by atoms with Crippen molar-refractivity contribution in [3.8, 4) is 0 Å². The van der Waals surface area contributed by atoms with E-state index in [4.69, 9.17) is 0 Å². The van der Waals surface area contributed by atoms with E-state index in [1.165, 1.54) is 67.7 Å². The Morgan fingerprint density at radius 1 is 0.897 bits per heavy atom. The minimum absolute atomic E-state index is 0.391. The maximum absolute atomic E-state index is 3.75. The zero-order valence-electron chi connectivity index (χ0n) is 17.0. The molecule has 2 unspecified atom stereocenters. The normalized spacial score (nSPS) is 21.4. The molecule has 142 valence electrons. The van der Waals surface area contributed by atoms with Crippen LogP contribution in [0.15, 0.2) is 84.0 Å². The van der Waals surface area contributed by atoms with Gasteiger partial charge in [-0.3, -0.25) is 0 Å². The van der Waals surface area contributed by atoms with E-state index in [2.05, 4.69) is 91.7 Å². The first-order valence-electron chi connectivity index (χ1n) is 10.7. The Hall–Kier alpha value is -3.06. The first kappa shape index (κ1) is 16.9. The van der Waals surface area contributed by atoms with Crippen molar-refractivity contribution in [1.29, 1.82) is 0 Å². The summed E-state index contributed by atoms with van der Waals surface area (Å²) in [7, 11) is 0. The molecule has 4 aromatic rings. The lowest BCUT2D eigenvalue weighted by Gasteiger charge is -2.32. The van der Waals surface area contributed by atoms with Crippen molar-refractivity contribution in [2.24, 2.45) is 5.92 Å². The van der Waals surface area contributed by atoms with Gasteiger partial charge >= 0.3 is 0 Å². The smallest absolute Gasteiger partial charge is 0.0547 e. The highest BCUT2D eigenvalue weighted by molar-refractivity contribution is 6.19. The zero-order chi connectivity index (χ0) is 19.5. The summed E-state index contributed by atoms with van der Waals surface area (Å²) in [4.78, 5) is 3.75. The topological polar surface area (TPSA) is 15.8 Å². The fourth-order valence-corrected chi connectivity index (χ4v) is 5.65. The molecule has 0 aliphatic heterocycles. The molecule has 2 aliphatic carbocycles. The lowest BCUT2D eigenvalue weighted by molar-refractivity contribution is 0.598. The van der Waals surface area contributed by atoms with Gasteiger partial charge in [-0.1, -0.05) is 73.7 Å². The van der Waals surface area contributed by atoms with Crippen LogP contribution in [-0.2, 0) is 0 Å². The summed E-state index contributed by atoms with van der Waals surface area (Å²) < 4.78 is 0. The number of nitrogens with one attached hydrogen (secondary N) is 1. The minimum atomic E-state index is 0.391. The van der Waals surface area contributed by atoms with E-state index in [9.17, 15) is 0 Å². The van der Waals surface area contributed by atoms with E-state index < -0.39 is 0 Å². The molecule has 2 aliphatic rings. The van der Waals surface area contributed by atoms with Gasteiger partial charge in [0.05, 0.1) is 5.52 Å². The number of aromatic nitrogens is 1. The highest BCUT2D eigenvalue weighted by Gasteiger charge is 2.29. The van der Waals surface area contributed by atoms with Crippen molar-refractivity contribution in [3.05, 3.63) is 95.1 Å². The van der Waals surface area contributed by atoms with Crippen molar-refractivity contribution in [1.82, 2.24) is 4.98 Å². The van der Waals surface area contributed by atoms with E-state index in [0.29, 0.717) is 11.8 Å². The van der Waals surface area contributed by atoms with Crippen LogP contribution < -0.4 is 0 Å². The van der Waals surface area contributed by atoms with Gasteiger partial charge in [0.1, 0.15) is 0 Å². The maximum Gasteiger partial charge on any atom is 0.0547 e. The van der Waals surface area contributed by atoms with Crippen LogP contribution >= 0.6 is 0 Å². The van der Waals surface area contributed by atoms with Crippen molar-refractivity contribution in [2.45, 2.75) is 32.6 Å². The first-order chi connectivity index (χ1) is 14.2. The molecule has 1 aromatic heterocycles. The van der Waals surface area contributed by atoms with Crippen molar-refractivity contribution < 1.29 is 0 Å². The monoisotopic (exact) mass is 375 g/mol. The average Bonchev–Trinajstić information content (AvgIpc) is 3.15. The average molecular weight is 376 g/mol. The van der Waals surface area contributed by atoms with Crippen molar-refractivity contribution in [3.63, 3.8) is 0 Å². The number of fused-ring (bicyclic) bond motifs is 5. The minimum Gasteiger partial charge on any atom is -0.354 e. The molecule has 0 saturated heterocycles. The summed E-state index contributed by atoms with van der Waals surface area (Å²) in [6.45, 7) is 4.73. The molecule has 3 aromatic carbocycles. The largest absolute Gasteiger partial charge is 0.354 e. The fourth-order valence-electron chi connectivity index (χ4n) is 5.65. The van der Waals surface area contributed by atoms with Crippen LogP contribution in [0, 0.1) is 12.8 Å². The number of para-hydroxylation sites is 1. The fraction of sp³-hybridized carbons (Fsp3) is 0.214. The van der Waals surface area contributed by atoms with Gasteiger partial charge in [0.2, 0.25) is 0 Å². The molecule has 1 nitrogen and oxygen atoms in total. The predicted molar refractivity (Wildman–Crippen MR) is 124 cm³/mol. The lowest BCUT2D eigenvalue weighted by Crippen LogP contribution is -2.17. The zero-order valence-corrected chi connectivity index (χ0v) is 17.0. The van der Waals surface area contributed by atoms with Crippen LogP contribution in [0.2, 0.25) is 0 Å². The van der Waals surface area contributed by atoms with Gasteiger partial charge in [-0.05, 0) is 59.4 Å². The molecule has 0 amide bonds. The number of rotatable bonds is 1. The Kier molecular flexibility index (Phi) is 3.61. The molecule has 1 N–H and O–H groups in total. The third-order valence-electron chi connectivity index (χ3n) is 7.10. The van der Waals surface area contributed by atoms with Gasteiger partial charge in [-0.2, -0.15) is 0 Å². The number of H-pyrrole nitrogens is 1. The molecule has 2 atom stereocenters. The van der Waals surface area contributed by atoms with Crippen LogP contribution in [0.3, 0.4) is 0 Å². The standard InChI is InChI=1S/C28H25N/c1-17-20-10-4-3-9-19(20)15-16-22(17)26-18(2)21-11-5-6-12-23(21)28-27(26)24-13-7-8-14-25(24)29-28/h4-8,10-17,22,29H,3,9H2,1-2H3. The number of hydrogen-bond acceptors (Lipinski definition) is 0. The summed E-state index contributed by atoms with van der Waals surface area (Å²) in [6, 6.07) is 17.6. The van der Waals surface area contributed by atoms with E-state index in [1.54, 1.807) is 0 Å². The molecular weight excluding hydrogens is 350 g/mol. The van der Waals surface area contributed by atoms with Crippen LogP contribution in [-0.4, -0.2) is 4.98 Å². The van der Waals surface area contributed by atoms with Gasteiger partial charge in [-0.15, -0.1) is 0 Å². The molecule has 1 heteroatoms. The van der Waals surface area contributed by atoms with Gasteiger partial charge in [-0.25, -0.2) is 0 Å². The highest BCUT2D eigenvalue weighted by Crippen LogP contribution is 2.47. The highest BCUT2D eigenvalue weighted by atomic mass is 14.7. The van der Waals surface area contributed by atoms with Crippen LogP contribution in [0.5, 0.6) is 0 Å². The Morgan fingerprint density at radius 2 is 1.66 bits per heavy atom. The number of hydrogen-bond donors (Lipinski definition) is 1. The van der Waals surface area contributed by atoms with Crippen molar-refractivity contribution in [2.75, 3.05) is 0 Å². The van der Waals surface area contributed by atoms with Crippen LogP contribution in [0.1, 0.15) is 36.8 Å². The quantitative estimate of drug-likeness (QED) is 0.350. The molecule has 0 fully saturated rings. The second-order valence-corrected chi connectivity index (χ2v) is 8.60. The molecule has 0 spiro atoms. The molecular formula is C28H25N. The first-order valence-corrected chi connectivity index (χ1v) is 10.7. The molecule has 6 rings (SSSR count). The number of benzene rings is 3. The summed E-state index contributed by atoms with van der Waals surface area (Å²) in [5, 5.41) is 5.43. The second kappa shape index (κ2) is 6.22. The number of aromatic amines is 1. The third-order valence-corrected chi connectivity index (χ3v) is 7.10. The summed E-state index contributed by atoms with van der Waals surface area (Å²) >= 11 is 0. The molecule has 0 bridgehead atoms. The van der Waals surface area contributed by atoms with Gasteiger partial charge < -0.3 is 4.98 Å². The Bertz CT molecular complexity index is 1380. The van der Waals surface area contributed by atoms with Gasteiger partial charge in [0.15, 0.2) is 0 Å². The predicted octanol–water partition coefficient (Wildman–Crippen LogP) is 7.72. The Balaban J connectivity index is 1.72. The summed E-state index contributed by atoms with van der Waals surface area (Å²) in [6.07, 6.45) is 11.9. The molecule has 29 heavy (non-hydrogen) atoms. The van der Waals surface area contributed by atoms with Crippen LogP contribution in [0.4, 0.5) is 0 Å². The lowest BCUT2D eigenvalue weighted by atomic mass is 9.72. The van der Waals surface area contributed by atoms with E-state index in [0.717, 1.165) is 0 Å². The summed E-state index contributed by atoms with van der Waals surface area (Å²) in [5.41, 5.74) is 8.48. The van der Waals surface area contributed by atoms with Gasteiger partial charge in [0.25, 0.3) is 0 Å². The van der Waals surface area contributed by atoms with E-state index >= 15 is 0 Å². The van der Waals surface area contributed by atoms with Crippen molar-refractivity contribution >= 4 is 32.6 Å². The Morgan fingerprint density at radius 3 is 2.52 bits per heavy atom. The number of aryl methyl sites for hydroxylation is 1. The van der Waals surface area contributed by atoms with E-state index in [1.807, 2.05) is 0 Å². The third kappa shape index (κ3) is 2.34. The Labute approximate surface area is 171 Å². The summed E-state index contributed by atoms with van der Waals surface area (Å²) in [5.74, 6) is 0.881. The second-order valence-electron chi connectivity index (χ2n) is 8.60. The van der Waals surface area contributed by atoms with Gasteiger partial charge in [0, 0.05) is 27.6 Å². The number of allylic oxidation sites excluding steroid dienone is 6. The molecule has 0 saturated carbocycles. The molecule has 0 radical (unpaired) electrons. The van der Waals surface area contributed by atoms with Crippen LogP contribution in [0.25, 0.3) is 32.6 Å². The maximum atomic E-state index is 3.75. The van der Waals surface area contributed by atoms with E-state index in [-0.39, 0.29) is 0 Å². The molecule has 1 heterocycles.